The van der Waals surface area contributed by atoms with E-state index in [2.05, 4.69) is 0 Å². The molecule has 0 N–H and O–H groups in total. The molecule has 0 saturated heterocycles. The van der Waals surface area contributed by atoms with Crippen molar-refractivity contribution in [1.29, 1.82) is 0 Å². The molecule has 0 unspecified atom stereocenters. The fourth-order valence-electron chi connectivity index (χ4n) is 1.94. The molecule has 1 aliphatic carbocycles. The van der Waals surface area contributed by atoms with E-state index in [1.165, 1.54) is 38.5 Å². The summed E-state index contributed by atoms with van der Waals surface area (Å²) in [7, 11) is 0. The van der Waals surface area contributed by atoms with Gasteiger partial charge in [-0.2, -0.15) is 0 Å². The van der Waals surface area contributed by atoms with Crippen molar-refractivity contribution in [3.8, 4) is 0 Å². The van der Waals surface area contributed by atoms with Gasteiger partial charge in [0.25, 0.3) is 0 Å². The molecule has 0 aliphatic heterocycles. The molecule has 0 heterocycles. The minimum atomic E-state index is 0.649. The lowest BCUT2D eigenvalue weighted by molar-refractivity contribution is 0.333. The first-order chi connectivity index (χ1) is 5.43. The number of carbonyl (C=O) groups excluding carboxylic acids is 1. The SMILES string of the molecule is O=[C]CCCC1CCCCC1. The summed E-state index contributed by atoms with van der Waals surface area (Å²) in [6.45, 7) is 0. The zero-order chi connectivity index (χ0) is 7.94. The maximum Gasteiger partial charge on any atom is 0.198 e. The van der Waals surface area contributed by atoms with Crippen molar-refractivity contribution in [3.05, 3.63) is 0 Å². The molecule has 0 atom stereocenters. The highest BCUT2D eigenvalue weighted by Gasteiger charge is 2.12. The summed E-state index contributed by atoms with van der Waals surface area (Å²) in [5.74, 6) is 0.928. The maximum atomic E-state index is 9.92. The smallest absolute Gasteiger partial charge is 0.198 e. The first-order valence-corrected chi connectivity index (χ1v) is 4.78. The highest BCUT2D eigenvalue weighted by atomic mass is 16.1. The monoisotopic (exact) mass is 153 g/mol. The third-order valence-electron chi connectivity index (χ3n) is 2.62. The van der Waals surface area contributed by atoms with Crippen LogP contribution in [0.1, 0.15) is 51.4 Å². The van der Waals surface area contributed by atoms with Gasteiger partial charge >= 0.3 is 0 Å². The van der Waals surface area contributed by atoms with E-state index < -0.39 is 0 Å². The first kappa shape index (κ1) is 8.76. The van der Waals surface area contributed by atoms with E-state index in [-0.39, 0.29) is 0 Å². The lowest BCUT2D eigenvalue weighted by atomic mass is 9.86. The van der Waals surface area contributed by atoms with Crippen molar-refractivity contribution in [3.63, 3.8) is 0 Å². The maximum absolute atomic E-state index is 9.92. The first-order valence-electron chi connectivity index (χ1n) is 4.78. The van der Waals surface area contributed by atoms with Crippen LogP contribution in [-0.4, -0.2) is 6.29 Å². The Hall–Kier alpha value is -0.330. The Bertz CT molecular complexity index is 103. The summed E-state index contributed by atoms with van der Waals surface area (Å²) >= 11 is 0. The van der Waals surface area contributed by atoms with E-state index in [4.69, 9.17) is 0 Å². The highest BCUT2D eigenvalue weighted by Crippen LogP contribution is 2.27. The van der Waals surface area contributed by atoms with Crippen molar-refractivity contribution < 1.29 is 4.79 Å². The second-order valence-electron chi connectivity index (χ2n) is 3.54. The molecule has 1 radical (unpaired) electrons. The molecule has 0 amide bonds. The average molecular weight is 153 g/mol. The molecule has 11 heavy (non-hydrogen) atoms. The lowest BCUT2D eigenvalue weighted by Gasteiger charge is -2.20. The summed E-state index contributed by atoms with van der Waals surface area (Å²) < 4.78 is 0. The molecule has 0 spiro atoms. The molecular weight excluding hydrogens is 136 g/mol. The van der Waals surface area contributed by atoms with Gasteiger partial charge in [-0.25, -0.2) is 0 Å². The van der Waals surface area contributed by atoms with Crippen LogP contribution in [0.15, 0.2) is 0 Å². The molecule has 1 rings (SSSR count). The van der Waals surface area contributed by atoms with Crippen molar-refractivity contribution >= 4 is 6.29 Å². The molecule has 0 aromatic rings. The summed E-state index contributed by atoms with van der Waals surface area (Å²) in [4.78, 5) is 9.92. The van der Waals surface area contributed by atoms with E-state index >= 15 is 0 Å². The average Bonchev–Trinajstić information content (AvgIpc) is 2.07. The quantitative estimate of drug-likeness (QED) is 0.567. The molecule has 0 bridgehead atoms. The van der Waals surface area contributed by atoms with Gasteiger partial charge in [0, 0.05) is 6.42 Å². The Morgan fingerprint density at radius 1 is 1.18 bits per heavy atom. The Morgan fingerprint density at radius 3 is 2.55 bits per heavy atom. The summed E-state index contributed by atoms with van der Waals surface area (Å²) in [6.07, 6.45) is 12.0. The summed E-state index contributed by atoms with van der Waals surface area (Å²) in [5.41, 5.74) is 0. The summed E-state index contributed by atoms with van der Waals surface area (Å²) in [6, 6.07) is 0. The minimum absolute atomic E-state index is 0.649. The topological polar surface area (TPSA) is 17.1 Å². The largest absolute Gasteiger partial charge is 0.291 e. The van der Waals surface area contributed by atoms with Gasteiger partial charge in [0.15, 0.2) is 6.29 Å². The van der Waals surface area contributed by atoms with Crippen molar-refractivity contribution in [2.45, 2.75) is 51.4 Å². The molecule has 1 heteroatoms. The Kier molecular flexibility index (Phi) is 4.25. The van der Waals surface area contributed by atoms with Gasteiger partial charge in [-0.3, -0.25) is 4.79 Å². The van der Waals surface area contributed by atoms with Crippen molar-refractivity contribution in [2.75, 3.05) is 0 Å². The van der Waals surface area contributed by atoms with E-state index in [1.54, 1.807) is 0 Å². The van der Waals surface area contributed by atoms with Crippen LogP contribution in [0.3, 0.4) is 0 Å². The van der Waals surface area contributed by atoms with E-state index in [1.807, 2.05) is 6.29 Å². The second-order valence-corrected chi connectivity index (χ2v) is 3.54. The molecule has 1 nitrogen and oxygen atoms in total. The fourth-order valence-corrected chi connectivity index (χ4v) is 1.94. The van der Waals surface area contributed by atoms with Crippen LogP contribution in [0.2, 0.25) is 0 Å². The molecule has 0 aromatic heterocycles. The zero-order valence-electron chi connectivity index (χ0n) is 7.14. The van der Waals surface area contributed by atoms with Gasteiger partial charge in [-0.05, 0) is 12.3 Å². The standard InChI is InChI=1S/C10H17O/c11-9-5-4-8-10-6-2-1-3-7-10/h10H,1-8H2. The van der Waals surface area contributed by atoms with Crippen molar-refractivity contribution in [1.82, 2.24) is 0 Å². The molecule has 1 aliphatic rings. The predicted octanol–water partition coefficient (Wildman–Crippen LogP) is 2.85. The molecule has 1 saturated carbocycles. The Labute approximate surface area is 69.2 Å². The normalized spacial score (nSPS) is 20.0. The van der Waals surface area contributed by atoms with Crippen LogP contribution in [0.25, 0.3) is 0 Å². The van der Waals surface area contributed by atoms with Crippen molar-refractivity contribution in [2.24, 2.45) is 5.92 Å². The molecule has 63 valence electrons. The number of unbranched alkanes of at least 4 members (excludes halogenated alkanes) is 1. The van der Waals surface area contributed by atoms with E-state index in [0.29, 0.717) is 6.42 Å². The Morgan fingerprint density at radius 2 is 1.91 bits per heavy atom. The molecule has 1 fully saturated rings. The van der Waals surface area contributed by atoms with Gasteiger partial charge in [0.1, 0.15) is 0 Å². The lowest BCUT2D eigenvalue weighted by Crippen LogP contribution is -2.05. The third-order valence-corrected chi connectivity index (χ3v) is 2.62. The van der Waals surface area contributed by atoms with Crippen LogP contribution >= 0.6 is 0 Å². The van der Waals surface area contributed by atoms with E-state index in [9.17, 15) is 4.79 Å². The van der Waals surface area contributed by atoms with Crippen LogP contribution < -0.4 is 0 Å². The fraction of sp³-hybridized carbons (Fsp3) is 0.900. The summed E-state index contributed by atoms with van der Waals surface area (Å²) in [5, 5.41) is 0. The highest BCUT2D eigenvalue weighted by molar-refractivity contribution is 5.50. The van der Waals surface area contributed by atoms with Gasteiger partial charge in [0.05, 0.1) is 0 Å². The molecular formula is C10H17O. The van der Waals surface area contributed by atoms with Crippen LogP contribution in [0.5, 0.6) is 0 Å². The molecule has 0 aromatic carbocycles. The number of rotatable bonds is 4. The van der Waals surface area contributed by atoms with Gasteiger partial charge in [-0.1, -0.05) is 38.5 Å². The minimum Gasteiger partial charge on any atom is -0.291 e. The van der Waals surface area contributed by atoms with Gasteiger partial charge in [-0.15, -0.1) is 0 Å². The Balaban J connectivity index is 2.00. The van der Waals surface area contributed by atoms with Crippen LogP contribution in [0, 0.1) is 5.92 Å². The van der Waals surface area contributed by atoms with Crippen LogP contribution in [-0.2, 0) is 4.79 Å². The second kappa shape index (κ2) is 5.34. The van der Waals surface area contributed by atoms with Gasteiger partial charge < -0.3 is 0 Å². The zero-order valence-corrected chi connectivity index (χ0v) is 7.14. The third kappa shape index (κ3) is 3.54. The van der Waals surface area contributed by atoms with Gasteiger partial charge in [0.2, 0.25) is 0 Å². The van der Waals surface area contributed by atoms with Crippen LogP contribution in [0.4, 0.5) is 0 Å². The number of hydrogen-bond acceptors (Lipinski definition) is 1. The predicted molar refractivity (Wildman–Crippen MR) is 46.1 cm³/mol. The number of hydrogen-bond donors (Lipinski definition) is 0. The van der Waals surface area contributed by atoms with E-state index in [0.717, 1.165) is 12.3 Å².